The molecular formula is C24H25Cl2FN4O. The molecule has 1 N–H and O–H groups in total. The first-order valence-electron chi connectivity index (χ1n) is 11.0. The molecule has 0 radical (unpaired) electrons. The molecule has 2 aliphatic heterocycles. The molecule has 2 aromatic rings. The number of nitrogens with zero attached hydrogens (tertiary/aromatic N) is 3. The van der Waals surface area contributed by atoms with Crippen LogP contribution in [-0.4, -0.2) is 29.7 Å². The van der Waals surface area contributed by atoms with Gasteiger partial charge in [-0.15, -0.1) is 0 Å². The second-order valence-corrected chi connectivity index (χ2v) is 9.85. The third-order valence-corrected chi connectivity index (χ3v) is 7.51. The number of hydrogen-bond acceptors (Lipinski definition) is 4. The van der Waals surface area contributed by atoms with Crippen LogP contribution >= 0.6 is 23.2 Å². The number of hydrazone groups is 1. The zero-order valence-electron chi connectivity index (χ0n) is 17.8. The largest absolute Gasteiger partial charge is 0.284 e. The molecule has 4 atom stereocenters. The highest BCUT2D eigenvalue weighted by atomic mass is 35.5. The Balaban J connectivity index is 1.44. The van der Waals surface area contributed by atoms with Gasteiger partial charge in [0.15, 0.2) is 0 Å². The molecule has 1 aliphatic carbocycles. The molecule has 2 aromatic carbocycles. The predicted octanol–water partition coefficient (Wildman–Crippen LogP) is 5.45. The van der Waals surface area contributed by atoms with Crippen LogP contribution in [0.25, 0.3) is 0 Å². The SMILES string of the molecule is CC1C(C(=O)NN2CC3CCCC3C2)=NN(c2ccc(Cl)cc2Cl)C1c1ccc(F)cc1. The van der Waals surface area contributed by atoms with Crippen LogP contribution in [0.15, 0.2) is 47.6 Å². The molecule has 168 valence electrons. The number of hydrogen-bond donors (Lipinski definition) is 1. The van der Waals surface area contributed by atoms with Gasteiger partial charge in [-0.2, -0.15) is 5.10 Å². The number of halogens is 3. The molecule has 32 heavy (non-hydrogen) atoms. The highest BCUT2D eigenvalue weighted by Crippen LogP contribution is 2.42. The van der Waals surface area contributed by atoms with E-state index in [4.69, 9.17) is 28.3 Å². The van der Waals surface area contributed by atoms with Gasteiger partial charge in [0.25, 0.3) is 5.91 Å². The fourth-order valence-corrected chi connectivity index (χ4v) is 5.87. The summed E-state index contributed by atoms with van der Waals surface area (Å²) < 4.78 is 13.6. The van der Waals surface area contributed by atoms with E-state index in [1.165, 1.54) is 31.4 Å². The van der Waals surface area contributed by atoms with Crippen LogP contribution in [0.4, 0.5) is 10.1 Å². The summed E-state index contributed by atoms with van der Waals surface area (Å²) in [5.74, 6) is 0.615. The Kier molecular flexibility index (Phi) is 5.86. The zero-order chi connectivity index (χ0) is 22.4. The fraction of sp³-hybridized carbons (Fsp3) is 0.417. The van der Waals surface area contributed by atoms with Crippen molar-refractivity contribution in [2.24, 2.45) is 22.9 Å². The minimum Gasteiger partial charge on any atom is -0.284 e. The van der Waals surface area contributed by atoms with Gasteiger partial charge in [0.2, 0.25) is 0 Å². The van der Waals surface area contributed by atoms with Crippen LogP contribution in [0.2, 0.25) is 10.0 Å². The first-order chi connectivity index (χ1) is 15.4. The van der Waals surface area contributed by atoms with Crippen LogP contribution < -0.4 is 10.4 Å². The summed E-state index contributed by atoms with van der Waals surface area (Å²) in [6.07, 6.45) is 3.77. The third-order valence-electron chi connectivity index (χ3n) is 6.97. The number of carbonyl (C=O) groups excluding carboxylic acids is 1. The van der Waals surface area contributed by atoms with Crippen molar-refractivity contribution in [3.63, 3.8) is 0 Å². The summed E-state index contributed by atoms with van der Waals surface area (Å²) in [7, 11) is 0. The summed E-state index contributed by atoms with van der Waals surface area (Å²) in [4.78, 5) is 13.3. The van der Waals surface area contributed by atoms with Crippen molar-refractivity contribution < 1.29 is 9.18 Å². The molecule has 8 heteroatoms. The average molecular weight is 475 g/mol. The predicted molar refractivity (Wildman–Crippen MR) is 125 cm³/mol. The zero-order valence-corrected chi connectivity index (χ0v) is 19.3. The highest BCUT2D eigenvalue weighted by Gasteiger charge is 2.42. The highest BCUT2D eigenvalue weighted by molar-refractivity contribution is 6.41. The van der Waals surface area contributed by atoms with Crippen molar-refractivity contribution in [3.8, 4) is 0 Å². The summed E-state index contributed by atoms with van der Waals surface area (Å²) in [6, 6.07) is 11.2. The lowest BCUT2D eigenvalue weighted by molar-refractivity contribution is -0.119. The Bertz CT molecular complexity index is 1050. The number of benzene rings is 2. The van der Waals surface area contributed by atoms with Crippen molar-refractivity contribution in [2.75, 3.05) is 18.1 Å². The lowest BCUT2D eigenvalue weighted by Gasteiger charge is -2.27. The van der Waals surface area contributed by atoms with Gasteiger partial charge in [0.1, 0.15) is 11.5 Å². The van der Waals surface area contributed by atoms with Gasteiger partial charge >= 0.3 is 0 Å². The third kappa shape index (κ3) is 4.00. The van der Waals surface area contributed by atoms with Crippen LogP contribution in [0.3, 0.4) is 0 Å². The molecule has 2 fully saturated rings. The van der Waals surface area contributed by atoms with Crippen molar-refractivity contribution in [1.29, 1.82) is 0 Å². The number of anilines is 1. The number of rotatable bonds is 4. The van der Waals surface area contributed by atoms with Crippen molar-refractivity contribution in [3.05, 3.63) is 63.9 Å². The van der Waals surface area contributed by atoms with E-state index in [2.05, 4.69) is 5.43 Å². The molecule has 5 rings (SSSR count). The number of fused-ring (bicyclic) bond motifs is 1. The molecule has 0 bridgehead atoms. The quantitative estimate of drug-likeness (QED) is 0.640. The molecule has 5 nitrogen and oxygen atoms in total. The van der Waals surface area contributed by atoms with E-state index >= 15 is 0 Å². The lowest BCUT2D eigenvalue weighted by atomic mass is 9.91. The van der Waals surface area contributed by atoms with Crippen LogP contribution in [0.5, 0.6) is 0 Å². The first kappa shape index (κ1) is 21.7. The Hall–Kier alpha value is -2.15. The van der Waals surface area contributed by atoms with E-state index in [0.29, 0.717) is 33.3 Å². The smallest absolute Gasteiger partial charge is 0.282 e. The Morgan fingerprint density at radius 3 is 2.44 bits per heavy atom. The minimum atomic E-state index is -0.311. The summed E-state index contributed by atoms with van der Waals surface area (Å²) >= 11 is 12.6. The number of amides is 1. The molecule has 0 spiro atoms. The van der Waals surface area contributed by atoms with Gasteiger partial charge in [-0.05, 0) is 60.6 Å². The van der Waals surface area contributed by atoms with Crippen LogP contribution in [-0.2, 0) is 4.79 Å². The molecular weight excluding hydrogens is 450 g/mol. The van der Waals surface area contributed by atoms with E-state index < -0.39 is 0 Å². The molecule has 0 aromatic heterocycles. The first-order valence-corrected chi connectivity index (χ1v) is 11.8. The van der Waals surface area contributed by atoms with Crippen molar-refractivity contribution in [1.82, 2.24) is 10.4 Å². The Morgan fingerprint density at radius 1 is 1.09 bits per heavy atom. The van der Waals surface area contributed by atoms with E-state index in [0.717, 1.165) is 18.7 Å². The maximum Gasteiger partial charge on any atom is 0.282 e. The lowest BCUT2D eigenvalue weighted by Crippen LogP contribution is -2.45. The maximum atomic E-state index is 13.6. The molecule has 1 saturated heterocycles. The molecule has 2 heterocycles. The number of hydrazine groups is 1. The molecule has 4 unspecified atom stereocenters. The summed E-state index contributed by atoms with van der Waals surface area (Å²) in [5, 5.41) is 9.47. The number of nitrogens with one attached hydrogen (secondary N) is 1. The van der Waals surface area contributed by atoms with E-state index in [-0.39, 0.29) is 23.7 Å². The number of carbonyl (C=O) groups is 1. The normalized spacial score (nSPS) is 27.5. The van der Waals surface area contributed by atoms with E-state index in [9.17, 15) is 9.18 Å². The van der Waals surface area contributed by atoms with Gasteiger partial charge < -0.3 is 0 Å². The molecule has 1 saturated carbocycles. The fourth-order valence-electron chi connectivity index (χ4n) is 5.37. The second-order valence-electron chi connectivity index (χ2n) is 9.01. The topological polar surface area (TPSA) is 47.9 Å². The van der Waals surface area contributed by atoms with Gasteiger partial charge in [0, 0.05) is 24.0 Å². The van der Waals surface area contributed by atoms with Gasteiger partial charge in [-0.3, -0.25) is 15.2 Å². The van der Waals surface area contributed by atoms with Crippen LogP contribution in [0, 0.1) is 23.6 Å². The van der Waals surface area contributed by atoms with Crippen molar-refractivity contribution >= 4 is 40.5 Å². The Labute approximate surface area is 197 Å². The molecule has 3 aliphatic rings. The van der Waals surface area contributed by atoms with E-state index in [1.807, 2.05) is 11.9 Å². The summed E-state index contributed by atoms with van der Waals surface area (Å²) in [5.41, 5.74) is 5.02. The van der Waals surface area contributed by atoms with Crippen molar-refractivity contribution in [2.45, 2.75) is 32.2 Å². The average Bonchev–Trinajstić information content (AvgIpc) is 3.42. The monoisotopic (exact) mass is 474 g/mol. The maximum absolute atomic E-state index is 13.6. The van der Waals surface area contributed by atoms with Gasteiger partial charge in [-0.25, -0.2) is 9.40 Å². The van der Waals surface area contributed by atoms with Gasteiger partial charge in [0.05, 0.1) is 16.8 Å². The second kappa shape index (κ2) is 8.65. The minimum absolute atomic E-state index is 0.197. The molecule has 1 amide bonds. The van der Waals surface area contributed by atoms with Crippen LogP contribution in [0.1, 0.15) is 37.8 Å². The van der Waals surface area contributed by atoms with E-state index in [1.54, 1.807) is 35.3 Å². The summed E-state index contributed by atoms with van der Waals surface area (Å²) in [6.45, 7) is 3.76. The standard InChI is InChI=1S/C24H25Cl2FN4O/c1-14-22(24(32)29-30-12-16-3-2-4-17(16)13-30)28-31(21-10-7-18(25)11-20(21)26)23(14)15-5-8-19(27)9-6-15/h5-11,14,16-17,23H,2-4,12-13H2,1H3,(H,29,32). The van der Waals surface area contributed by atoms with Gasteiger partial charge in [-0.1, -0.05) is 48.7 Å². The Morgan fingerprint density at radius 2 is 1.78 bits per heavy atom.